The van der Waals surface area contributed by atoms with Gasteiger partial charge in [0.2, 0.25) is 15.9 Å². The van der Waals surface area contributed by atoms with E-state index in [4.69, 9.17) is 5.73 Å². The van der Waals surface area contributed by atoms with Gasteiger partial charge in [0.1, 0.15) is 0 Å². The number of amides is 1. The van der Waals surface area contributed by atoms with Crippen LogP contribution in [0.2, 0.25) is 0 Å². The Bertz CT molecular complexity index is 776. The number of hydrogen-bond donors (Lipinski definition) is 1. The lowest BCUT2D eigenvalue weighted by atomic mass is 9.85. The third kappa shape index (κ3) is 4.83. The Labute approximate surface area is 168 Å². The highest BCUT2D eigenvalue weighted by Gasteiger charge is 2.34. The van der Waals surface area contributed by atoms with Crippen LogP contribution in [0.1, 0.15) is 36.8 Å². The Morgan fingerprint density at radius 2 is 1.78 bits per heavy atom. The summed E-state index contributed by atoms with van der Waals surface area (Å²) in [5.74, 6) is 0.143. The summed E-state index contributed by atoms with van der Waals surface area (Å²) in [6.45, 7) is 5.31. The highest BCUT2D eigenvalue weighted by atomic mass is 35.5. The van der Waals surface area contributed by atoms with Crippen molar-refractivity contribution in [3.63, 3.8) is 0 Å². The summed E-state index contributed by atoms with van der Waals surface area (Å²) in [5.41, 5.74) is 7.69. The molecule has 8 heteroatoms. The van der Waals surface area contributed by atoms with E-state index in [-0.39, 0.29) is 30.3 Å². The number of nitrogens with two attached hydrogens (primary N) is 1. The van der Waals surface area contributed by atoms with Crippen molar-refractivity contribution < 1.29 is 13.2 Å². The standard InChI is InChI=1S/C19H29N3O3S.ClH/c1-14-6-7-15(2)18(12-14)26(24,25)22-10-8-21(9-11-22)19(23)16-4-3-5-17(20)13-16;/h6-7,12,16-17H,3-5,8-11,13,20H2,1-2H3;1H. The molecule has 1 saturated carbocycles. The van der Waals surface area contributed by atoms with Crippen LogP contribution in [-0.4, -0.2) is 55.8 Å². The van der Waals surface area contributed by atoms with Crippen LogP contribution in [0.4, 0.5) is 0 Å². The van der Waals surface area contributed by atoms with E-state index in [2.05, 4.69) is 0 Å². The van der Waals surface area contributed by atoms with Gasteiger partial charge in [-0.2, -0.15) is 4.31 Å². The maximum absolute atomic E-state index is 13.0. The summed E-state index contributed by atoms with van der Waals surface area (Å²) in [4.78, 5) is 14.9. The van der Waals surface area contributed by atoms with Gasteiger partial charge in [0.15, 0.2) is 0 Å². The third-order valence-electron chi connectivity index (χ3n) is 5.58. The maximum atomic E-state index is 13.0. The molecule has 1 amide bonds. The molecule has 1 aromatic rings. The second-order valence-electron chi connectivity index (χ2n) is 7.62. The molecule has 1 saturated heterocycles. The molecule has 2 atom stereocenters. The molecule has 1 heterocycles. The van der Waals surface area contributed by atoms with Gasteiger partial charge in [0, 0.05) is 38.1 Å². The first-order valence-electron chi connectivity index (χ1n) is 9.41. The number of sulfonamides is 1. The summed E-state index contributed by atoms with van der Waals surface area (Å²) in [5, 5.41) is 0. The lowest BCUT2D eigenvalue weighted by Gasteiger charge is -2.37. The fourth-order valence-corrected chi connectivity index (χ4v) is 5.72. The summed E-state index contributed by atoms with van der Waals surface area (Å²) >= 11 is 0. The fraction of sp³-hybridized carbons (Fsp3) is 0.632. The van der Waals surface area contributed by atoms with E-state index in [1.54, 1.807) is 6.07 Å². The van der Waals surface area contributed by atoms with Gasteiger partial charge in [0.05, 0.1) is 4.90 Å². The number of halogens is 1. The molecule has 2 aliphatic rings. The van der Waals surface area contributed by atoms with Crippen molar-refractivity contribution in [1.29, 1.82) is 0 Å². The average Bonchev–Trinajstić information content (AvgIpc) is 2.63. The fourth-order valence-electron chi connectivity index (χ4n) is 3.98. The van der Waals surface area contributed by atoms with Crippen molar-refractivity contribution in [2.24, 2.45) is 11.7 Å². The molecule has 1 aliphatic heterocycles. The highest BCUT2D eigenvalue weighted by Crippen LogP contribution is 2.27. The third-order valence-corrected chi connectivity index (χ3v) is 7.62. The van der Waals surface area contributed by atoms with Crippen molar-refractivity contribution in [1.82, 2.24) is 9.21 Å². The van der Waals surface area contributed by atoms with Gasteiger partial charge in [-0.05, 0) is 50.3 Å². The van der Waals surface area contributed by atoms with Crippen LogP contribution in [-0.2, 0) is 14.8 Å². The SMILES string of the molecule is Cc1ccc(C)c(S(=O)(=O)N2CCN(C(=O)C3CCCC(N)C3)CC2)c1.Cl. The molecule has 2 N–H and O–H groups in total. The van der Waals surface area contributed by atoms with Gasteiger partial charge >= 0.3 is 0 Å². The van der Waals surface area contributed by atoms with Gasteiger partial charge in [-0.25, -0.2) is 8.42 Å². The van der Waals surface area contributed by atoms with Gasteiger partial charge in [-0.3, -0.25) is 4.79 Å². The first kappa shape index (κ1) is 22.1. The van der Waals surface area contributed by atoms with E-state index in [9.17, 15) is 13.2 Å². The van der Waals surface area contributed by atoms with E-state index >= 15 is 0 Å². The minimum absolute atomic E-state index is 0. The first-order valence-corrected chi connectivity index (χ1v) is 10.8. The quantitative estimate of drug-likeness (QED) is 0.819. The predicted octanol–water partition coefficient (Wildman–Crippen LogP) is 2.08. The Morgan fingerprint density at radius 3 is 2.41 bits per heavy atom. The predicted molar refractivity (Wildman–Crippen MR) is 108 cm³/mol. The molecule has 2 fully saturated rings. The molecular formula is C19H30ClN3O3S. The molecule has 2 unspecified atom stereocenters. The normalized spacial score (nSPS) is 24.3. The van der Waals surface area contributed by atoms with Crippen LogP contribution in [0.3, 0.4) is 0 Å². The topological polar surface area (TPSA) is 83.7 Å². The molecule has 0 radical (unpaired) electrons. The van der Waals surface area contributed by atoms with E-state index < -0.39 is 10.0 Å². The van der Waals surface area contributed by atoms with Crippen molar-refractivity contribution in [3.8, 4) is 0 Å². The zero-order chi connectivity index (χ0) is 18.9. The van der Waals surface area contributed by atoms with Gasteiger partial charge < -0.3 is 10.6 Å². The van der Waals surface area contributed by atoms with Crippen LogP contribution in [0.15, 0.2) is 23.1 Å². The van der Waals surface area contributed by atoms with E-state index in [1.807, 2.05) is 30.9 Å². The van der Waals surface area contributed by atoms with Crippen LogP contribution < -0.4 is 5.73 Å². The van der Waals surface area contributed by atoms with Gasteiger partial charge in [-0.15, -0.1) is 12.4 Å². The molecule has 0 aromatic heterocycles. The Balaban J connectivity index is 0.00000261. The molecule has 1 aliphatic carbocycles. The summed E-state index contributed by atoms with van der Waals surface area (Å²) in [6, 6.07) is 5.60. The smallest absolute Gasteiger partial charge is 0.243 e. The van der Waals surface area contributed by atoms with Gasteiger partial charge in [0.25, 0.3) is 0 Å². The molecule has 1 aromatic carbocycles. The molecule has 0 bridgehead atoms. The molecule has 0 spiro atoms. The molecular weight excluding hydrogens is 386 g/mol. The number of hydrogen-bond acceptors (Lipinski definition) is 4. The minimum Gasteiger partial charge on any atom is -0.340 e. The van der Waals surface area contributed by atoms with Crippen molar-refractivity contribution in [3.05, 3.63) is 29.3 Å². The number of rotatable bonds is 3. The number of benzene rings is 1. The van der Waals surface area contributed by atoms with Crippen LogP contribution in [0, 0.1) is 19.8 Å². The number of carbonyl (C=O) groups excluding carboxylic acids is 1. The van der Waals surface area contributed by atoms with Crippen molar-refractivity contribution >= 4 is 28.3 Å². The van der Waals surface area contributed by atoms with Crippen LogP contribution >= 0.6 is 12.4 Å². The molecule has 27 heavy (non-hydrogen) atoms. The van der Waals surface area contributed by atoms with E-state index in [0.29, 0.717) is 31.1 Å². The van der Waals surface area contributed by atoms with Crippen LogP contribution in [0.5, 0.6) is 0 Å². The van der Waals surface area contributed by atoms with Crippen molar-refractivity contribution in [2.75, 3.05) is 26.2 Å². The number of nitrogens with zero attached hydrogens (tertiary/aromatic N) is 2. The lowest BCUT2D eigenvalue weighted by molar-refractivity contribution is -0.137. The Hall–Kier alpha value is -1.15. The monoisotopic (exact) mass is 415 g/mol. The second-order valence-corrected chi connectivity index (χ2v) is 9.53. The van der Waals surface area contributed by atoms with E-state index in [1.165, 1.54) is 4.31 Å². The zero-order valence-corrected chi connectivity index (χ0v) is 17.7. The summed E-state index contributed by atoms with van der Waals surface area (Å²) < 4.78 is 27.5. The molecule has 3 rings (SSSR count). The largest absolute Gasteiger partial charge is 0.340 e. The van der Waals surface area contributed by atoms with Gasteiger partial charge in [-0.1, -0.05) is 18.6 Å². The zero-order valence-electron chi connectivity index (χ0n) is 16.1. The molecule has 152 valence electrons. The highest BCUT2D eigenvalue weighted by molar-refractivity contribution is 7.89. The Morgan fingerprint density at radius 1 is 1.11 bits per heavy atom. The Kier molecular flexibility index (Phi) is 7.30. The number of piperazine rings is 1. The first-order chi connectivity index (χ1) is 12.3. The lowest BCUT2D eigenvalue weighted by Crippen LogP contribution is -2.52. The minimum atomic E-state index is -3.52. The average molecular weight is 416 g/mol. The van der Waals surface area contributed by atoms with Crippen molar-refractivity contribution in [2.45, 2.75) is 50.5 Å². The maximum Gasteiger partial charge on any atom is 0.243 e. The summed E-state index contributed by atoms with van der Waals surface area (Å²) in [7, 11) is -3.52. The number of carbonyl (C=O) groups is 1. The molecule has 6 nitrogen and oxygen atoms in total. The number of aryl methyl sites for hydroxylation is 2. The van der Waals surface area contributed by atoms with Crippen LogP contribution in [0.25, 0.3) is 0 Å². The summed E-state index contributed by atoms with van der Waals surface area (Å²) in [6.07, 6.45) is 3.64. The second kappa shape index (κ2) is 8.90. The van der Waals surface area contributed by atoms with E-state index in [0.717, 1.165) is 36.8 Å².